The van der Waals surface area contributed by atoms with Crippen LogP contribution in [-0.2, 0) is 0 Å². The average Bonchev–Trinajstić information content (AvgIpc) is 2.53. The van der Waals surface area contributed by atoms with Crippen LogP contribution in [0.3, 0.4) is 0 Å². The summed E-state index contributed by atoms with van der Waals surface area (Å²) in [5, 5.41) is 2.07. The van der Waals surface area contributed by atoms with E-state index in [2.05, 4.69) is 11.9 Å². The molecule has 0 N–H and O–H groups in total. The van der Waals surface area contributed by atoms with Crippen molar-refractivity contribution in [3.8, 4) is 0 Å². The Hall–Kier alpha value is -1.70. The van der Waals surface area contributed by atoms with Crippen LogP contribution in [0.15, 0.2) is 36.7 Å². The number of carbonyl (C=O) groups excluding carboxylic acids is 1. The van der Waals surface area contributed by atoms with Crippen LogP contribution in [0.1, 0.15) is 68.6 Å². The van der Waals surface area contributed by atoms with Crippen LogP contribution < -0.4 is 0 Å². The van der Waals surface area contributed by atoms with E-state index in [0.717, 1.165) is 29.2 Å². The zero-order valence-electron chi connectivity index (χ0n) is 13.0. The van der Waals surface area contributed by atoms with Crippen molar-refractivity contribution in [2.45, 2.75) is 58.3 Å². The third-order valence-electron chi connectivity index (χ3n) is 3.98. The van der Waals surface area contributed by atoms with Gasteiger partial charge < -0.3 is 0 Å². The molecule has 112 valence electrons. The first kappa shape index (κ1) is 15.7. The minimum absolute atomic E-state index is 0.229. The number of fused-ring (bicyclic) bond motifs is 1. The highest BCUT2D eigenvalue weighted by Gasteiger charge is 2.09. The second-order valence-electron chi connectivity index (χ2n) is 5.70. The minimum Gasteiger partial charge on any atom is -0.294 e. The third-order valence-corrected chi connectivity index (χ3v) is 3.98. The third kappa shape index (κ3) is 4.66. The van der Waals surface area contributed by atoms with Crippen molar-refractivity contribution in [2.24, 2.45) is 0 Å². The molecule has 0 atom stereocenters. The predicted molar refractivity (Wildman–Crippen MR) is 88.7 cm³/mol. The van der Waals surface area contributed by atoms with Crippen molar-refractivity contribution in [3.63, 3.8) is 0 Å². The number of ketones is 1. The molecule has 0 aliphatic carbocycles. The smallest absolute Gasteiger partial charge is 0.165 e. The van der Waals surface area contributed by atoms with Crippen LogP contribution in [-0.4, -0.2) is 10.8 Å². The first-order valence-electron chi connectivity index (χ1n) is 8.19. The van der Waals surface area contributed by atoms with E-state index in [1.807, 2.05) is 30.5 Å². The topological polar surface area (TPSA) is 30.0 Å². The number of pyridine rings is 1. The van der Waals surface area contributed by atoms with Gasteiger partial charge in [0.05, 0.1) is 0 Å². The van der Waals surface area contributed by atoms with E-state index in [-0.39, 0.29) is 5.78 Å². The van der Waals surface area contributed by atoms with Crippen molar-refractivity contribution in [3.05, 3.63) is 42.2 Å². The fourth-order valence-corrected chi connectivity index (χ4v) is 2.72. The number of hydrogen-bond acceptors (Lipinski definition) is 2. The summed E-state index contributed by atoms with van der Waals surface area (Å²) in [7, 11) is 0. The van der Waals surface area contributed by atoms with Gasteiger partial charge in [0, 0.05) is 29.8 Å². The lowest BCUT2D eigenvalue weighted by atomic mass is 10.00. The number of hydrogen-bond donors (Lipinski definition) is 0. The van der Waals surface area contributed by atoms with Gasteiger partial charge in [-0.1, -0.05) is 69.7 Å². The van der Waals surface area contributed by atoms with Crippen LogP contribution in [0, 0.1) is 0 Å². The summed E-state index contributed by atoms with van der Waals surface area (Å²) in [5.41, 5.74) is 0.777. The normalized spacial score (nSPS) is 10.9. The summed E-state index contributed by atoms with van der Waals surface area (Å²) in [4.78, 5) is 16.5. The lowest BCUT2D eigenvalue weighted by Gasteiger charge is -2.05. The maximum atomic E-state index is 12.4. The molecule has 0 amide bonds. The second kappa shape index (κ2) is 8.56. The number of Topliss-reactive ketones (excluding diaryl/α,β-unsaturated/α-hetero) is 1. The minimum atomic E-state index is 0.229. The molecule has 0 aliphatic heterocycles. The van der Waals surface area contributed by atoms with Gasteiger partial charge in [-0.2, -0.15) is 0 Å². The fourth-order valence-electron chi connectivity index (χ4n) is 2.72. The zero-order valence-corrected chi connectivity index (χ0v) is 13.0. The molecule has 1 aromatic carbocycles. The van der Waals surface area contributed by atoms with E-state index in [1.54, 1.807) is 6.20 Å². The Kier molecular flexibility index (Phi) is 6.39. The van der Waals surface area contributed by atoms with Gasteiger partial charge in [-0.05, 0) is 11.8 Å². The van der Waals surface area contributed by atoms with Gasteiger partial charge in [0.2, 0.25) is 0 Å². The van der Waals surface area contributed by atoms with Gasteiger partial charge in [0.1, 0.15) is 0 Å². The molecule has 0 radical (unpaired) electrons. The van der Waals surface area contributed by atoms with Gasteiger partial charge in [-0.25, -0.2) is 0 Å². The number of unbranched alkanes of at least 4 members (excludes halogenated alkanes) is 6. The summed E-state index contributed by atoms with van der Waals surface area (Å²) >= 11 is 0. The molecule has 2 nitrogen and oxygen atoms in total. The number of nitrogens with zero attached hydrogens (tertiary/aromatic N) is 1. The van der Waals surface area contributed by atoms with Crippen LogP contribution in [0.2, 0.25) is 0 Å². The second-order valence-corrected chi connectivity index (χ2v) is 5.70. The molecule has 0 bridgehead atoms. The Morgan fingerprint density at radius 3 is 2.48 bits per heavy atom. The number of benzene rings is 1. The van der Waals surface area contributed by atoms with Gasteiger partial charge in [0.25, 0.3) is 0 Å². The van der Waals surface area contributed by atoms with Crippen LogP contribution >= 0.6 is 0 Å². The molecule has 0 unspecified atom stereocenters. The molecular formula is C19H25NO. The van der Waals surface area contributed by atoms with E-state index in [9.17, 15) is 4.79 Å². The maximum Gasteiger partial charge on any atom is 0.165 e. The molecule has 0 saturated heterocycles. The molecule has 0 aliphatic rings. The highest BCUT2D eigenvalue weighted by molar-refractivity contribution is 6.07. The fraction of sp³-hybridized carbons (Fsp3) is 0.474. The van der Waals surface area contributed by atoms with Crippen molar-refractivity contribution in [2.75, 3.05) is 0 Å². The summed E-state index contributed by atoms with van der Waals surface area (Å²) in [6.45, 7) is 2.23. The van der Waals surface area contributed by atoms with E-state index < -0.39 is 0 Å². The van der Waals surface area contributed by atoms with Gasteiger partial charge in [-0.15, -0.1) is 0 Å². The Morgan fingerprint density at radius 1 is 0.952 bits per heavy atom. The molecule has 0 spiro atoms. The summed E-state index contributed by atoms with van der Waals surface area (Å²) in [5.74, 6) is 0.229. The summed E-state index contributed by atoms with van der Waals surface area (Å²) in [6.07, 6.45) is 12.8. The van der Waals surface area contributed by atoms with Crippen molar-refractivity contribution >= 4 is 16.6 Å². The predicted octanol–water partition coefficient (Wildman–Crippen LogP) is 5.56. The van der Waals surface area contributed by atoms with Gasteiger partial charge >= 0.3 is 0 Å². The van der Waals surface area contributed by atoms with E-state index in [0.29, 0.717) is 6.42 Å². The molecule has 2 heteroatoms. The molecule has 1 aromatic heterocycles. The van der Waals surface area contributed by atoms with E-state index in [4.69, 9.17) is 0 Å². The average molecular weight is 283 g/mol. The SMILES string of the molecule is CCCCCCCCCC(=O)c1cncc2ccccc12. The van der Waals surface area contributed by atoms with Gasteiger partial charge in [-0.3, -0.25) is 9.78 Å². The molecule has 2 rings (SSSR count). The molecule has 0 fully saturated rings. The van der Waals surface area contributed by atoms with Crippen LogP contribution in [0.5, 0.6) is 0 Å². The van der Waals surface area contributed by atoms with Crippen molar-refractivity contribution < 1.29 is 4.79 Å². The Morgan fingerprint density at radius 2 is 1.67 bits per heavy atom. The first-order chi connectivity index (χ1) is 10.3. The number of carbonyl (C=O) groups is 1. The Balaban J connectivity index is 1.83. The van der Waals surface area contributed by atoms with Crippen molar-refractivity contribution in [1.29, 1.82) is 0 Å². The molecule has 0 saturated carbocycles. The Bertz CT molecular complexity index is 571. The summed E-state index contributed by atoms with van der Waals surface area (Å²) < 4.78 is 0. The monoisotopic (exact) mass is 283 g/mol. The maximum absolute atomic E-state index is 12.4. The first-order valence-corrected chi connectivity index (χ1v) is 8.19. The number of aromatic nitrogens is 1. The quantitative estimate of drug-likeness (QED) is 0.445. The molecule has 2 aromatic rings. The highest BCUT2D eigenvalue weighted by atomic mass is 16.1. The molecule has 21 heavy (non-hydrogen) atoms. The summed E-state index contributed by atoms with van der Waals surface area (Å²) in [6, 6.07) is 7.98. The van der Waals surface area contributed by atoms with E-state index in [1.165, 1.54) is 32.1 Å². The van der Waals surface area contributed by atoms with Crippen LogP contribution in [0.25, 0.3) is 10.8 Å². The highest BCUT2D eigenvalue weighted by Crippen LogP contribution is 2.19. The zero-order chi connectivity index (χ0) is 14.9. The van der Waals surface area contributed by atoms with E-state index >= 15 is 0 Å². The number of rotatable bonds is 9. The standard InChI is InChI=1S/C19H25NO/c1-2-3-4-5-6-7-8-13-19(21)18-15-20-14-16-11-9-10-12-17(16)18/h9-12,14-15H,2-8,13H2,1H3. The lowest BCUT2D eigenvalue weighted by molar-refractivity contribution is 0.0980. The molecular weight excluding hydrogens is 258 g/mol. The molecule has 1 heterocycles. The van der Waals surface area contributed by atoms with Crippen LogP contribution in [0.4, 0.5) is 0 Å². The lowest BCUT2D eigenvalue weighted by Crippen LogP contribution is -2.01. The van der Waals surface area contributed by atoms with Crippen molar-refractivity contribution in [1.82, 2.24) is 4.98 Å². The van der Waals surface area contributed by atoms with Gasteiger partial charge in [0.15, 0.2) is 5.78 Å². The Labute approximate surface area is 127 Å². The largest absolute Gasteiger partial charge is 0.294 e.